The van der Waals surface area contributed by atoms with Crippen LogP contribution in [0.15, 0.2) is 23.1 Å². The Bertz CT molecular complexity index is 301. The second kappa shape index (κ2) is 4.24. The molecule has 1 aromatic rings. The van der Waals surface area contributed by atoms with Gasteiger partial charge in [0.15, 0.2) is 0 Å². The number of hydrogen-bond acceptors (Lipinski definition) is 3. The van der Waals surface area contributed by atoms with Gasteiger partial charge in [-0.15, -0.1) is 11.8 Å². The smallest absolute Gasteiger partial charge is 0.130 e. The number of aromatic hydroxyl groups is 1. The van der Waals surface area contributed by atoms with Crippen molar-refractivity contribution in [1.29, 1.82) is 5.26 Å². The molecule has 0 saturated carbocycles. The molecule has 2 nitrogen and oxygen atoms in total. The third kappa shape index (κ3) is 2.07. The van der Waals surface area contributed by atoms with E-state index >= 15 is 0 Å². The summed E-state index contributed by atoms with van der Waals surface area (Å²) in [5.74, 6) is 0.417. The van der Waals surface area contributed by atoms with E-state index in [2.05, 4.69) is 0 Å². The summed E-state index contributed by atoms with van der Waals surface area (Å²) in [6.07, 6.45) is 0. The highest BCUT2D eigenvalue weighted by Gasteiger charge is 2.05. The Hall–Kier alpha value is -0.850. The quantitative estimate of drug-likeness (QED) is 0.745. The first-order valence-corrected chi connectivity index (χ1v) is 4.59. The van der Waals surface area contributed by atoms with Crippen molar-refractivity contribution >= 4 is 23.4 Å². The Kier molecular flexibility index (Phi) is 3.27. The summed E-state index contributed by atoms with van der Waals surface area (Å²) in [6, 6.07) is 6.85. The molecule has 0 atom stereocenters. The third-order valence-electron chi connectivity index (χ3n) is 1.23. The van der Waals surface area contributed by atoms with Crippen molar-refractivity contribution in [2.75, 3.05) is 5.75 Å². The largest absolute Gasteiger partial charge is 0.507 e. The number of rotatable bonds is 2. The molecular weight excluding hydrogens is 194 g/mol. The Morgan fingerprint density at radius 2 is 2.33 bits per heavy atom. The van der Waals surface area contributed by atoms with Crippen LogP contribution in [0.25, 0.3) is 0 Å². The number of hydrogen-bond donors (Lipinski definition) is 1. The van der Waals surface area contributed by atoms with Gasteiger partial charge in [0.05, 0.1) is 21.7 Å². The minimum absolute atomic E-state index is 0.128. The van der Waals surface area contributed by atoms with Crippen LogP contribution in [0.4, 0.5) is 0 Å². The molecule has 0 spiro atoms. The fourth-order valence-corrected chi connectivity index (χ4v) is 1.71. The second-order valence-electron chi connectivity index (χ2n) is 2.03. The average molecular weight is 200 g/mol. The van der Waals surface area contributed by atoms with Crippen LogP contribution in [0, 0.1) is 11.3 Å². The Morgan fingerprint density at radius 1 is 1.58 bits per heavy atom. The Balaban J connectivity index is 2.90. The van der Waals surface area contributed by atoms with E-state index in [1.54, 1.807) is 18.2 Å². The summed E-state index contributed by atoms with van der Waals surface area (Å²) in [5, 5.41) is 18.1. The molecule has 0 amide bonds. The van der Waals surface area contributed by atoms with E-state index in [0.717, 1.165) is 0 Å². The molecule has 4 heteroatoms. The van der Waals surface area contributed by atoms with Crippen molar-refractivity contribution in [2.45, 2.75) is 4.90 Å². The number of nitriles is 1. The number of thioether (sulfide) groups is 1. The molecule has 0 aliphatic rings. The number of benzene rings is 1. The number of nitrogens with zero attached hydrogens (tertiary/aromatic N) is 1. The van der Waals surface area contributed by atoms with E-state index in [1.807, 2.05) is 6.07 Å². The SMILES string of the molecule is N#CCSc1c(O)cccc1Cl. The maximum absolute atomic E-state index is 9.30. The zero-order valence-electron chi connectivity index (χ0n) is 6.12. The highest BCUT2D eigenvalue weighted by atomic mass is 35.5. The van der Waals surface area contributed by atoms with Crippen LogP contribution < -0.4 is 0 Å². The predicted octanol–water partition coefficient (Wildman–Crippen LogP) is 2.66. The first-order chi connectivity index (χ1) is 5.75. The molecule has 0 bridgehead atoms. The highest BCUT2D eigenvalue weighted by molar-refractivity contribution is 7.99. The highest BCUT2D eigenvalue weighted by Crippen LogP contribution is 2.34. The van der Waals surface area contributed by atoms with Crippen molar-refractivity contribution in [3.8, 4) is 11.8 Å². The molecule has 0 aliphatic heterocycles. The van der Waals surface area contributed by atoms with Crippen LogP contribution in [-0.2, 0) is 0 Å². The maximum Gasteiger partial charge on any atom is 0.130 e. The molecule has 0 aromatic heterocycles. The number of phenolic OH excluding ortho intramolecular Hbond substituents is 1. The molecule has 0 fully saturated rings. The standard InChI is InChI=1S/C8H6ClNOS/c9-6-2-1-3-7(11)8(6)12-5-4-10/h1-3,11H,5H2. The van der Waals surface area contributed by atoms with Gasteiger partial charge in [-0.05, 0) is 12.1 Å². The lowest BCUT2D eigenvalue weighted by Gasteiger charge is -2.02. The minimum atomic E-state index is 0.128. The van der Waals surface area contributed by atoms with E-state index in [4.69, 9.17) is 16.9 Å². The van der Waals surface area contributed by atoms with Gasteiger partial charge in [-0.2, -0.15) is 5.26 Å². The summed E-state index contributed by atoms with van der Waals surface area (Å²) in [6.45, 7) is 0. The normalized spacial score (nSPS) is 9.33. The predicted molar refractivity (Wildman–Crippen MR) is 49.5 cm³/mol. The summed E-state index contributed by atoms with van der Waals surface area (Å²) < 4.78 is 0. The lowest BCUT2D eigenvalue weighted by Crippen LogP contribution is -1.77. The van der Waals surface area contributed by atoms with Crippen molar-refractivity contribution in [3.05, 3.63) is 23.2 Å². The Morgan fingerprint density at radius 3 is 2.92 bits per heavy atom. The molecule has 0 aliphatic carbocycles. The third-order valence-corrected chi connectivity index (χ3v) is 2.65. The van der Waals surface area contributed by atoms with E-state index < -0.39 is 0 Å². The molecule has 1 rings (SSSR count). The van der Waals surface area contributed by atoms with Crippen molar-refractivity contribution < 1.29 is 5.11 Å². The number of phenols is 1. The molecule has 62 valence electrons. The molecular formula is C8H6ClNOS. The fourth-order valence-electron chi connectivity index (χ4n) is 0.745. The van der Waals surface area contributed by atoms with Crippen molar-refractivity contribution in [2.24, 2.45) is 0 Å². The van der Waals surface area contributed by atoms with Crippen molar-refractivity contribution in [1.82, 2.24) is 0 Å². The van der Waals surface area contributed by atoms with E-state index in [0.29, 0.717) is 9.92 Å². The second-order valence-corrected chi connectivity index (χ2v) is 3.43. The lowest BCUT2D eigenvalue weighted by molar-refractivity contribution is 0.462. The van der Waals surface area contributed by atoms with Crippen LogP contribution >= 0.6 is 23.4 Å². The maximum atomic E-state index is 9.30. The summed E-state index contributed by atoms with van der Waals surface area (Å²) >= 11 is 7.01. The average Bonchev–Trinajstić information content (AvgIpc) is 2.04. The Labute approximate surface area is 79.8 Å². The molecule has 1 N–H and O–H groups in total. The van der Waals surface area contributed by atoms with Crippen LogP contribution in [0.3, 0.4) is 0 Å². The first kappa shape index (κ1) is 9.24. The van der Waals surface area contributed by atoms with Gasteiger partial charge in [0.1, 0.15) is 5.75 Å². The van der Waals surface area contributed by atoms with E-state index in [9.17, 15) is 5.11 Å². The van der Waals surface area contributed by atoms with Gasteiger partial charge in [-0.1, -0.05) is 17.7 Å². The van der Waals surface area contributed by atoms with Gasteiger partial charge in [-0.3, -0.25) is 0 Å². The lowest BCUT2D eigenvalue weighted by atomic mass is 10.3. The van der Waals surface area contributed by atoms with Crippen LogP contribution in [-0.4, -0.2) is 10.9 Å². The van der Waals surface area contributed by atoms with Gasteiger partial charge in [0.2, 0.25) is 0 Å². The van der Waals surface area contributed by atoms with Gasteiger partial charge in [0, 0.05) is 0 Å². The number of halogens is 1. The zero-order valence-corrected chi connectivity index (χ0v) is 7.69. The van der Waals surface area contributed by atoms with Gasteiger partial charge in [0.25, 0.3) is 0 Å². The summed E-state index contributed by atoms with van der Waals surface area (Å²) in [7, 11) is 0. The van der Waals surface area contributed by atoms with Crippen LogP contribution in [0.2, 0.25) is 5.02 Å². The molecule has 0 heterocycles. The molecule has 12 heavy (non-hydrogen) atoms. The molecule has 0 saturated heterocycles. The minimum Gasteiger partial charge on any atom is -0.507 e. The molecule has 0 unspecified atom stereocenters. The molecule has 1 aromatic carbocycles. The zero-order chi connectivity index (χ0) is 8.97. The monoisotopic (exact) mass is 199 g/mol. The van der Waals surface area contributed by atoms with Crippen molar-refractivity contribution in [3.63, 3.8) is 0 Å². The van der Waals surface area contributed by atoms with Gasteiger partial charge < -0.3 is 5.11 Å². The summed E-state index contributed by atoms with van der Waals surface area (Å²) in [5.41, 5.74) is 0. The van der Waals surface area contributed by atoms with E-state index in [1.165, 1.54) is 11.8 Å². The van der Waals surface area contributed by atoms with Crippen LogP contribution in [0.5, 0.6) is 5.75 Å². The van der Waals surface area contributed by atoms with E-state index in [-0.39, 0.29) is 11.5 Å². The van der Waals surface area contributed by atoms with Gasteiger partial charge in [-0.25, -0.2) is 0 Å². The topological polar surface area (TPSA) is 44.0 Å². The van der Waals surface area contributed by atoms with Gasteiger partial charge >= 0.3 is 0 Å². The first-order valence-electron chi connectivity index (χ1n) is 3.23. The molecule has 0 radical (unpaired) electrons. The van der Waals surface area contributed by atoms with Crippen LogP contribution in [0.1, 0.15) is 0 Å². The summed E-state index contributed by atoms with van der Waals surface area (Å²) in [4.78, 5) is 0.570. The fraction of sp³-hybridized carbons (Fsp3) is 0.125.